The fraction of sp³-hybridized carbons (Fsp3) is 0.357. The number of nitrogens with one attached hydrogen (secondary N) is 1. The van der Waals surface area contributed by atoms with Crippen LogP contribution in [0.2, 0.25) is 0 Å². The Morgan fingerprint density at radius 3 is 2.67 bits per heavy atom. The third-order valence-corrected chi connectivity index (χ3v) is 3.76. The van der Waals surface area contributed by atoms with Gasteiger partial charge < -0.3 is 11.1 Å². The Morgan fingerprint density at radius 2 is 2.00 bits per heavy atom. The van der Waals surface area contributed by atoms with Gasteiger partial charge in [-0.05, 0) is 31.0 Å². The molecule has 0 aliphatic rings. The summed E-state index contributed by atoms with van der Waals surface area (Å²) in [6.07, 6.45) is 0.939. The SMILES string of the molecule is Cc1csc(CNCc2ccccc2CCN)n1. The first kappa shape index (κ1) is 13.2. The molecular formula is C14H19N3S. The summed E-state index contributed by atoms with van der Waals surface area (Å²) < 4.78 is 0. The minimum absolute atomic E-state index is 0.697. The zero-order valence-electron chi connectivity index (χ0n) is 10.6. The third kappa shape index (κ3) is 3.63. The van der Waals surface area contributed by atoms with Crippen LogP contribution in [0.4, 0.5) is 0 Å². The van der Waals surface area contributed by atoms with Gasteiger partial charge in [-0.1, -0.05) is 24.3 Å². The highest BCUT2D eigenvalue weighted by atomic mass is 32.1. The average Bonchev–Trinajstić information content (AvgIpc) is 2.78. The van der Waals surface area contributed by atoms with E-state index in [0.29, 0.717) is 6.54 Å². The standard InChI is InChI=1S/C14H19N3S/c1-11-10-18-14(17-11)9-16-8-13-5-3-2-4-12(13)6-7-15/h2-5,10,16H,6-9,15H2,1H3. The average molecular weight is 261 g/mol. The van der Waals surface area contributed by atoms with Crippen LogP contribution in [-0.4, -0.2) is 11.5 Å². The van der Waals surface area contributed by atoms with Gasteiger partial charge in [-0.3, -0.25) is 0 Å². The van der Waals surface area contributed by atoms with Crippen molar-refractivity contribution in [2.24, 2.45) is 5.73 Å². The molecule has 0 unspecified atom stereocenters. The van der Waals surface area contributed by atoms with Crippen LogP contribution < -0.4 is 11.1 Å². The Kier molecular flexibility index (Phi) is 4.87. The predicted octanol–water partition coefficient (Wildman–Crippen LogP) is 2.24. The molecule has 4 heteroatoms. The first-order chi connectivity index (χ1) is 8.79. The maximum absolute atomic E-state index is 5.62. The molecule has 0 bridgehead atoms. The van der Waals surface area contributed by atoms with Gasteiger partial charge in [-0.15, -0.1) is 11.3 Å². The number of aromatic nitrogens is 1. The second-order valence-corrected chi connectivity index (χ2v) is 5.24. The van der Waals surface area contributed by atoms with Crippen molar-refractivity contribution >= 4 is 11.3 Å². The van der Waals surface area contributed by atoms with Gasteiger partial charge in [0.05, 0.1) is 0 Å². The number of hydrogen-bond acceptors (Lipinski definition) is 4. The molecule has 3 N–H and O–H groups in total. The summed E-state index contributed by atoms with van der Waals surface area (Å²) in [5.41, 5.74) is 9.39. The summed E-state index contributed by atoms with van der Waals surface area (Å²) in [5, 5.41) is 6.66. The highest BCUT2D eigenvalue weighted by Crippen LogP contribution is 2.11. The van der Waals surface area contributed by atoms with E-state index in [-0.39, 0.29) is 0 Å². The molecule has 3 nitrogen and oxygen atoms in total. The zero-order chi connectivity index (χ0) is 12.8. The molecule has 0 amide bonds. The van der Waals surface area contributed by atoms with E-state index in [9.17, 15) is 0 Å². The van der Waals surface area contributed by atoms with Gasteiger partial charge in [-0.25, -0.2) is 4.98 Å². The number of benzene rings is 1. The highest BCUT2D eigenvalue weighted by molar-refractivity contribution is 7.09. The highest BCUT2D eigenvalue weighted by Gasteiger charge is 2.02. The molecule has 96 valence electrons. The van der Waals surface area contributed by atoms with Crippen molar-refractivity contribution in [3.8, 4) is 0 Å². The molecule has 0 aliphatic heterocycles. The van der Waals surface area contributed by atoms with E-state index in [1.165, 1.54) is 11.1 Å². The molecule has 0 fully saturated rings. The molecule has 0 radical (unpaired) electrons. The Bertz CT molecular complexity index is 493. The summed E-state index contributed by atoms with van der Waals surface area (Å²) in [4.78, 5) is 4.44. The maximum atomic E-state index is 5.62. The number of aryl methyl sites for hydroxylation is 1. The van der Waals surface area contributed by atoms with Crippen LogP contribution in [0, 0.1) is 6.92 Å². The van der Waals surface area contributed by atoms with Crippen LogP contribution in [-0.2, 0) is 19.5 Å². The minimum Gasteiger partial charge on any atom is -0.330 e. The predicted molar refractivity (Wildman–Crippen MR) is 76.6 cm³/mol. The second kappa shape index (κ2) is 6.64. The van der Waals surface area contributed by atoms with E-state index in [1.807, 2.05) is 6.92 Å². The minimum atomic E-state index is 0.697. The number of rotatable bonds is 6. The Balaban J connectivity index is 1.89. The molecule has 18 heavy (non-hydrogen) atoms. The van der Waals surface area contributed by atoms with E-state index in [1.54, 1.807) is 11.3 Å². The summed E-state index contributed by atoms with van der Waals surface area (Å²) >= 11 is 1.71. The zero-order valence-corrected chi connectivity index (χ0v) is 11.5. The van der Waals surface area contributed by atoms with Crippen LogP contribution >= 0.6 is 11.3 Å². The molecule has 0 spiro atoms. The summed E-state index contributed by atoms with van der Waals surface area (Å²) in [5.74, 6) is 0. The summed E-state index contributed by atoms with van der Waals surface area (Å²) in [7, 11) is 0. The molecule has 0 saturated heterocycles. The first-order valence-corrected chi connectivity index (χ1v) is 7.06. The van der Waals surface area contributed by atoms with Gasteiger partial charge in [0, 0.05) is 24.2 Å². The largest absolute Gasteiger partial charge is 0.330 e. The molecule has 1 aromatic heterocycles. The fourth-order valence-corrected chi connectivity index (χ4v) is 2.66. The van der Waals surface area contributed by atoms with Crippen molar-refractivity contribution in [1.29, 1.82) is 0 Å². The van der Waals surface area contributed by atoms with Crippen molar-refractivity contribution in [2.45, 2.75) is 26.4 Å². The Labute approximate surface area is 112 Å². The monoisotopic (exact) mass is 261 g/mol. The Morgan fingerprint density at radius 1 is 1.22 bits per heavy atom. The van der Waals surface area contributed by atoms with Crippen LogP contribution in [0.25, 0.3) is 0 Å². The van der Waals surface area contributed by atoms with Crippen molar-refractivity contribution in [3.63, 3.8) is 0 Å². The van der Waals surface area contributed by atoms with Gasteiger partial charge >= 0.3 is 0 Å². The van der Waals surface area contributed by atoms with Crippen molar-refractivity contribution in [3.05, 3.63) is 51.5 Å². The van der Waals surface area contributed by atoms with E-state index in [4.69, 9.17) is 5.73 Å². The summed E-state index contributed by atoms with van der Waals surface area (Å²) in [6, 6.07) is 8.45. The van der Waals surface area contributed by atoms with Crippen LogP contribution in [0.3, 0.4) is 0 Å². The van der Waals surface area contributed by atoms with Crippen molar-refractivity contribution in [2.75, 3.05) is 6.54 Å². The van der Waals surface area contributed by atoms with Crippen LogP contribution in [0.15, 0.2) is 29.6 Å². The lowest BCUT2D eigenvalue weighted by molar-refractivity contribution is 0.683. The van der Waals surface area contributed by atoms with E-state index >= 15 is 0 Å². The molecule has 2 aromatic rings. The quantitative estimate of drug-likeness (QED) is 0.838. The Hall–Kier alpha value is -1.23. The van der Waals surface area contributed by atoms with Gasteiger partial charge in [0.2, 0.25) is 0 Å². The van der Waals surface area contributed by atoms with Gasteiger partial charge in [0.25, 0.3) is 0 Å². The van der Waals surface area contributed by atoms with Crippen molar-refractivity contribution < 1.29 is 0 Å². The van der Waals surface area contributed by atoms with Crippen molar-refractivity contribution in [1.82, 2.24) is 10.3 Å². The molecule has 1 heterocycles. The van der Waals surface area contributed by atoms with Gasteiger partial charge in [-0.2, -0.15) is 0 Å². The molecule has 2 rings (SSSR count). The number of thiazole rings is 1. The van der Waals surface area contributed by atoms with Gasteiger partial charge in [0.15, 0.2) is 0 Å². The molecule has 1 aromatic carbocycles. The van der Waals surface area contributed by atoms with E-state index in [2.05, 4.69) is 39.9 Å². The lowest BCUT2D eigenvalue weighted by atomic mass is 10.0. The first-order valence-electron chi connectivity index (χ1n) is 6.18. The smallest absolute Gasteiger partial charge is 0.107 e. The summed E-state index contributed by atoms with van der Waals surface area (Å²) in [6.45, 7) is 4.42. The lowest BCUT2D eigenvalue weighted by Gasteiger charge is -2.09. The molecule has 0 aliphatic carbocycles. The van der Waals surface area contributed by atoms with E-state index < -0.39 is 0 Å². The molecule has 0 atom stereocenters. The topological polar surface area (TPSA) is 50.9 Å². The lowest BCUT2D eigenvalue weighted by Crippen LogP contribution is -2.15. The number of nitrogens with two attached hydrogens (primary N) is 1. The van der Waals surface area contributed by atoms with E-state index in [0.717, 1.165) is 30.2 Å². The number of hydrogen-bond donors (Lipinski definition) is 2. The fourth-order valence-electron chi connectivity index (χ4n) is 1.92. The molecule has 0 saturated carbocycles. The normalized spacial score (nSPS) is 10.8. The third-order valence-electron chi connectivity index (χ3n) is 2.79. The van der Waals surface area contributed by atoms with Gasteiger partial charge in [0.1, 0.15) is 5.01 Å². The maximum Gasteiger partial charge on any atom is 0.107 e. The number of nitrogens with zero attached hydrogens (tertiary/aromatic N) is 1. The van der Waals surface area contributed by atoms with Crippen LogP contribution in [0.1, 0.15) is 21.8 Å². The van der Waals surface area contributed by atoms with Crippen LogP contribution in [0.5, 0.6) is 0 Å². The molecular weight excluding hydrogens is 242 g/mol. The second-order valence-electron chi connectivity index (χ2n) is 4.29.